The number of likely N-dealkylation sites (N-methyl/N-ethyl adjacent to an activating group) is 2. The highest BCUT2D eigenvalue weighted by molar-refractivity contribution is 7.89. The van der Waals surface area contributed by atoms with Crippen LogP contribution in [0.5, 0.6) is 0 Å². The zero-order chi connectivity index (χ0) is 14.8. The van der Waals surface area contributed by atoms with Crippen molar-refractivity contribution in [2.45, 2.75) is 36.6 Å². The SMILES string of the molecule is CCN1CCCC1CN(C)S(=O)(=O)c1c[nH]c(CCl)c1. The molecule has 2 rings (SSSR count). The van der Waals surface area contributed by atoms with E-state index in [-0.39, 0.29) is 10.8 Å². The minimum absolute atomic E-state index is 0.283. The molecule has 0 bridgehead atoms. The molecule has 1 aliphatic heterocycles. The zero-order valence-electron chi connectivity index (χ0n) is 12.0. The average Bonchev–Trinajstić information content (AvgIpc) is 3.07. The van der Waals surface area contributed by atoms with Gasteiger partial charge >= 0.3 is 0 Å². The van der Waals surface area contributed by atoms with Gasteiger partial charge in [-0.05, 0) is 32.0 Å². The van der Waals surface area contributed by atoms with Crippen LogP contribution in [0, 0.1) is 0 Å². The smallest absolute Gasteiger partial charge is 0.244 e. The van der Waals surface area contributed by atoms with Gasteiger partial charge in [0.1, 0.15) is 0 Å². The highest BCUT2D eigenvalue weighted by Crippen LogP contribution is 2.21. The first-order valence-corrected chi connectivity index (χ1v) is 8.90. The van der Waals surface area contributed by atoms with Gasteiger partial charge in [0.15, 0.2) is 0 Å². The normalized spacial score (nSPS) is 20.9. The number of alkyl halides is 1. The van der Waals surface area contributed by atoms with E-state index in [1.807, 2.05) is 0 Å². The second-order valence-electron chi connectivity index (χ2n) is 5.20. The quantitative estimate of drug-likeness (QED) is 0.814. The van der Waals surface area contributed by atoms with Crippen LogP contribution < -0.4 is 0 Å². The Morgan fingerprint density at radius 1 is 1.55 bits per heavy atom. The van der Waals surface area contributed by atoms with Crippen molar-refractivity contribution in [3.8, 4) is 0 Å². The lowest BCUT2D eigenvalue weighted by molar-refractivity contribution is 0.237. The second kappa shape index (κ2) is 6.47. The third-order valence-electron chi connectivity index (χ3n) is 3.94. The summed E-state index contributed by atoms with van der Waals surface area (Å²) in [5.74, 6) is 0.283. The Labute approximate surface area is 126 Å². The number of likely N-dealkylation sites (tertiary alicyclic amines) is 1. The molecule has 0 aliphatic carbocycles. The van der Waals surface area contributed by atoms with Crippen molar-refractivity contribution in [2.24, 2.45) is 0 Å². The van der Waals surface area contributed by atoms with E-state index < -0.39 is 10.0 Å². The van der Waals surface area contributed by atoms with Gasteiger partial charge in [0.2, 0.25) is 10.0 Å². The van der Waals surface area contributed by atoms with Gasteiger partial charge < -0.3 is 4.98 Å². The molecule has 0 spiro atoms. The lowest BCUT2D eigenvalue weighted by Crippen LogP contribution is -2.41. The number of rotatable bonds is 6. The summed E-state index contributed by atoms with van der Waals surface area (Å²) in [6.07, 6.45) is 3.72. The predicted octanol–water partition coefficient (Wildman–Crippen LogP) is 1.86. The number of H-pyrrole nitrogens is 1. The largest absolute Gasteiger partial charge is 0.363 e. The van der Waals surface area contributed by atoms with Crippen LogP contribution in [0.2, 0.25) is 0 Å². The van der Waals surface area contributed by atoms with Gasteiger partial charge in [-0.2, -0.15) is 4.31 Å². The van der Waals surface area contributed by atoms with Crippen LogP contribution in [0.4, 0.5) is 0 Å². The van der Waals surface area contributed by atoms with Gasteiger partial charge in [0, 0.05) is 31.5 Å². The summed E-state index contributed by atoms with van der Waals surface area (Å²) in [6, 6.07) is 1.93. The molecule has 1 aromatic heterocycles. The number of halogens is 1. The van der Waals surface area contributed by atoms with Crippen LogP contribution in [-0.4, -0.2) is 55.3 Å². The van der Waals surface area contributed by atoms with Gasteiger partial charge in [-0.15, -0.1) is 11.6 Å². The Hall–Kier alpha value is -0.560. The van der Waals surface area contributed by atoms with Crippen LogP contribution in [0.15, 0.2) is 17.2 Å². The fourth-order valence-corrected chi connectivity index (χ4v) is 4.12. The molecule has 1 aromatic rings. The molecule has 1 fully saturated rings. The number of aromatic amines is 1. The van der Waals surface area contributed by atoms with E-state index >= 15 is 0 Å². The summed E-state index contributed by atoms with van der Waals surface area (Å²) in [4.78, 5) is 5.51. The minimum atomic E-state index is -3.43. The molecule has 1 atom stereocenters. The topological polar surface area (TPSA) is 56.4 Å². The third-order valence-corrected chi connectivity index (χ3v) is 6.03. The molecule has 0 amide bonds. The fraction of sp³-hybridized carbons (Fsp3) is 0.692. The summed E-state index contributed by atoms with van der Waals surface area (Å²) in [7, 11) is -1.78. The van der Waals surface area contributed by atoms with E-state index in [4.69, 9.17) is 11.6 Å². The number of nitrogens with zero attached hydrogens (tertiary/aromatic N) is 2. The van der Waals surface area contributed by atoms with E-state index in [1.165, 1.54) is 10.5 Å². The van der Waals surface area contributed by atoms with Crippen molar-refractivity contribution >= 4 is 21.6 Å². The van der Waals surface area contributed by atoms with E-state index in [2.05, 4.69) is 16.8 Å². The van der Waals surface area contributed by atoms with Gasteiger partial charge in [-0.1, -0.05) is 6.92 Å². The first kappa shape index (κ1) is 15.8. The summed E-state index contributed by atoms with van der Waals surface area (Å²) < 4.78 is 26.4. The van der Waals surface area contributed by atoms with E-state index in [9.17, 15) is 8.42 Å². The molecule has 5 nitrogen and oxygen atoms in total. The molecule has 0 saturated carbocycles. The van der Waals surface area contributed by atoms with Gasteiger partial charge in [0.25, 0.3) is 0 Å². The van der Waals surface area contributed by atoms with Crippen molar-refractivity contribution in [1.82, 2.24) is 14.2 Å². The first-order valence-electron chi connectivity index (χ1n) is 6.92. The third kappa shape index (κ3) is 3.19. The fourth-order valence-electron chi connectivity index (χ4n) is 2.74. The van der Waals surface area contributed by atoms with Crippen molar-refractivity contribution in [3.63, 3.8) is 0 Å². The number of aromatic nitrogens is 1. The van der Waals surface area contributed by atoms with Crippen LogP contribution in [0.25, 0.3) is 0 Å². The van der Waals surface area contributed by atoms with Gasteiger partial charge in [0.05, 0.1) is 10.8 Å². The molecule has 7 heteroatoms. The van der Waals surface area contributed by atoms with E-state index in [0.717, 1.165) is 31.6 Å². The summed E-state index contributed by atoms with van der Waals surface area (Å²) in [5, 5.41) is 0. The lowest BCUT2D eigenvalue weighted by Gasteiger charge is -2.27. The molecule has 0 aromatic carbocycles. The first-order chi connectivity index (χ1) is 9.48. The zero-order valence-corrected chi connectivity index (χ0v) is 13.5. The maximum absolute atomic E-state index is 12.5. The second-order valence-corrected chi connectivity index (χ2v) is 7.52. The maximum Gasteiger partial charge on any atom is 0.244 e. The monoisotopic (exact) mass is 319 g/mol. The van der Waals surface area contributed by atoms with Crippen molar-refractivity contribution in [1.29, 1.82) is 0 Å². The molecule has 114 valence electrons. The highest BCUT2D eigenvalue weighted by Gasteiger charge is 2.29. The molecule has 2 heterocycles. The highest BCUT2D eigenvalue weighted by atomic mass is 35.5. The Morgan fingerprint density at radius 3 is 2.90 bits per heavy atom. The summed E-state index contributed by atoms with van der Waals surface area (Å²) in [6.45, 7) is 4.69. The summed E-state index contributed by atoms with van der Waals surface area (Å²) in [5.41, 5.74) is 0.717. The molecular weight excluding hydrogens is 298 g/mol. The van der Waals surface area contributed by atoms with Crippen LogP contribution in [0.1, 0.15) is 25.5 Å². The molecule has 1 N–H and O–H groups in total. The van der Waals surface area contributed by atoms with Gasteiger partial charge in [-0.3, -0.25) is 4.90 Å². The summed E-state index contributed by atoms with van der Waals surface area (Å²) >= 11 is 5.70. The standard InChI is InChI=1S/C13H22ClN3O2S/c1-3-17-6-4-5-12(17)10-16(2)20(18,19)13-7-11(8-14)15-9-13/h7,9,12,15H,3-6,8,10H2,1-2H3. The molecule has 20 heavy (non-hydrogen) atoms. The molecule has 1 aliphatic rings. The van der Waals surface area contributed by atoms with Gasteiger partial charge in [-0.25, -0.2) is 8.42 Å². The number of hydrogen-bond donors (Lipinski definition) is 1. The van der Waals surface area contributed by atoms with Crippen LogP contribution in [-0.2, 0) is 15.9 Å². The molecule has 1 unspecified atom stereocenters. The lowest BCUT2D eigenvalue weighted by atomic mass is 10.2. The van der Waals surface area contributed by atoms with Crippen LogP contribution in [0.3, 0.4) is 0 Å². The molecular formula is C13H22ClN3O2S. The number of nitrogens with one attached hydrogen (secondary N) is 1. The number of hydrogen-bond acceptors (Lipinski definition) is 3. The maximum atomic E-state index is 12.5. The minimum Gasteiger partial charge on any atom is -0.363 e. The Bertz CT molecular complexity index is 544. The van der Waals surface area contributed by atoms with E-state index in [0.29, 0.717) is 12.6 Å². The Kier molecular flexibility index (Phi) is 5.12. The predicted molar refractivity (Wildman–Crippen MR) is 80.4 cm³/mol. The Balaban J connectivity index is 2.09. The molecule has 0 radical (unpaired) electrons. The molecule has 1 saturated heterocycles. The Morgan fingerprint density at radius 2 is 2.30 bits per heavy atom. The van der Waals surface area contributed by atoms with Crippen molar-refractivity contribution in [2.75, 3.05) is 26.7 Å². The van der Waals surface area contributed by atoms with Crippen molar-refractivity contribution < 1.29 is 8.42 Å². The average molecular weight is 320 g/mol. The number of sulfonamides is 1. The van der Waals surface area contributed by atoms with Crippen molar-refractivity contribution in [3.05, 3.63) is 18.0 Å². The van der Waals surface area contributed by atoms with E-state index in [1.54, 1.807) is 13.1 Å². The van der Waals surface area contributed by atoms with Crippen LogP contribution >= 0.6 is 11.6 Å².